The second kappa shape index (κ2) is 5.91. The van der Waals surface area contributed by atoms with Gasteiger partial charge < -0.3 is 5.32 Å². The third-order valence-corrected chi connectivity index (χ3v) is 4.07. The van der Waals surface area contributed by atoms with Gasteiger partial charge in [-0.15, -0.1) is 0 Å². The maximum Gasteiger partial charge on any atom is 0.255 e. The molecule has 0 unspecified atom stereocenters. The molecule has 0 atom stereocenters. The number of nitrogens with one attached hydrogen (secondary N) is 1. The lowest BCUT2D eigenvalue weighted by molar-refractivity contribution is 0.102. The Morgan fingerprint density at radius 2 is 1.89 bits per heavy atom. The zero-order valence-electron chi connectivity index (χ0n) is 9.08. The topological polar surface area (TPSA) is 29.1 Å². The second-order valence-corrected chi connectivity index (χ2v) is 5.60. The predicted octanol–water partition coefficient (Wildman–Crippen LogP) is 4.85. The average molecular weight is 392 g/mol. The number of hydrogen-bond acceptors (Lipinski definition) is 1. The highest BCUT2D eigenvalue weighted by Crippen LogP contribution is 2.21. The molecule has 0 saturated heterocycles. The molecule has 0 aromatic heterocycles. The number of carbonyl (C=O) groups excluding carboxylic acids is 1. The van der Waals surface area contributed by atoms with Gasteiger partial charge in [-0.3, -0.25) is 4.79 Å². The molecule has 2 aromatic carbocycles. The number of hydrogen-bond donors (Lipinski definition) is 1. The van der Waals surface area contributed by atoms with Crippen LogP contribution < -0.4 is 5.32 Å². The molecule has 0 radical (unpaired) electrons. The van der Waals surface area contributed by atoms with Crippen molar-refractivity contribution in [3.63, 3.8) is 0 Å². The Morgan fingerprint density at radius 3 is 2.56 bits per heavy atom. The van der Waals surface area contributed by atoms with Gasteiger partial charge in [-0.1, -0.05) is 29.3 Å². The minimum absolute atomic E-state index is 0.212. The molecule has 0 aliphatic carbocycles. The van der Waals surface area contributed by atoms with Crippen molar-refractivity contribution in [2.24, 2.45) is 0 Å². The van der Waals surface area contributed by atoms with Gasteiger partial charge in [0.05, 0.1) is 5.02 Å². The second-order valence-electron chi connectivity index (χ2n) is 3.59. The first-order valence-corrected chi connectivity index (χ1v) is 6.92. The van der Waals surface area contributed by atoms with Gasteiger partial charge in [0.1, 0.15) is 0 Å². The van der Waals surface area contributed by atoms with Crippen molar-refractivity contribution in [1.82, 2.24) is 0 Å². The largest absolute Gasteiger partial charge is 0.322 e. The van der Waals surface area contributed by atoms with E-state index >= 15 is 0 Å². The van der Waals surface area contributed by atoms with Crippen molar-refractivity contribution in [2.45, 2.75) is 0 Å². The summed E-state index contributed by atoms with van der Waals surface area (Å²) < 4.78 is 0.911. The molecule has 2 rings (SSSR count). The van der Waals surface area contributed by atoms with Crippen LogP contribution in [0.5, 0.6) is 0 Å². The molecule has 0 heterocycles. The summed E-state index contributed by atoms with van der Waals surface area (Å²) in [5, 5.41) is 3.90. The van der Waals surface area contributed by atoms with Crippen LogP contribution in [0.4, 0.5) is 5.69 Å². The summed E-state index contributed by atoms with van der Waals surface area (Å²) >= 11 is 13.9. The van der Waals surface area contributed by atoms with Crippen molar-refractivity contribution >= 4 is 57.4 Å². The molecule has 2 aromatic rings. The summed E-state index contributed by atoms with van der Waals surface area (Å²) in [6.07, 6.45) is 0. The Morgan fingerprint density at radius 1 is 1.11 bits per heavy atom. The van der Waals surface area contributed by atoms with E-state index in [1.54, 1.807) is 42.5 Å². The number of carbonyl (C=O) groups is 1. The normalized spacial score (nSPS) is 10.2. The van der Waals surface area contributed by atoms with Gasteiger partial charge in [-0.25, -0.2) is 0 Å². The standard InChI is InChI=1S/C13H8Cl2INO/c14-9-2-1-3-10(7-9)17-13(18)8-4-5-12(16)11(15)6-8/h1-7H,(H,17,18). The zero-order valence-corrected chi connectivity index (χ0v) is 12.8. The number of amides is 1. The summed E-state index contributed by atoms with van der Waals surface area (Å²) in [4.78, 5) is 12.0. The fraction of sp³-hybridized carbons (Fsp3) is 0. The van der Waals surface area contributed by atoms with E-state index in [2.05, 4.69) is 27.9 Å². The van der Waals surface area contributed by atoms with Gasteiger partial charge in [0.2, 0.25) is 0 Å². The van der Waals surface area contributed by atoms with Crippen LogP contribution in [0.25, 0.3) is 0 Å². The van der Waals surface area contributed by atoms with Gasteiger partial charge >= 0.3 is 0 Å². The van der Waals surface area contributed by atoms with Crippen LogP contribution in [-0.4, -0.2) is 5.91 Å². The molecule has 0 aliphatic heterocycles. The fourth-order valence-electron chi connectivity index (χ4n) is 1.41. The first kappa shape index (κ1) is 13.6. The predicted molar refractivity (Wildman–Crippen MR) is 83.6 cm³/mol. The molecule has 1 N–H and O–H groups in total. The quantitative estimate of drug-likeness (QED) is 0.728. The summed E-state index contributed by atoms with van der Waals surface area (Å²) in [7, 11) is 0. The van der Waals surface area contributed by atoms with E-state index < -0.39 is 0 Å². The van der Waals surface area contributed by atoms with Gasteiger partial charge in [0.25, 0.3) is 5.91 Å². The van der Waals surface area contributed by atoms with Crippen molar-refractivity contribution in [3.05, 3.63) is 61.6 Å². The maximum atomic E-state index is 12.0. The number of halogens is 3. The Hall–Kier alpha value is -0.780. The van der Waals surface area contributed by atoms with Crippen LogP contribution in [0.2, 0.25) is 10.0 Å². The molecule has 1 amide bonds. The Bertz CT molecular complexity index is 601. The molecule has 0 fully saturated rings. The lowest BCUT2D eigenvalue weighted by atomic mass is 10.2. The summed E-state index contributed by atoms with van der Waals surface area (Å²) in [6.45, 7) is 0. The van der Waals surface area contributed by atoms with Gasteiger partial charge in [0.15, 0.2) is 0 Å². The molecule has 0 aliphatic rings. The third kappa shape index (κ3) is 3.37. The summed E-state index contributed by atoms with van der Waals surface area (Å²) in [5.74, 6) is -0.212. The first-order valence-electron chi connectivity index (χ1n) is 5.08. The van der Waals surface area contributed by atoms with E-state index in [1.165, 1.54) is 0 Å². The fourth-order valence-corrected chi connectivity index (χ4v) is 2.11. The number of benzene rings is 2. The van der Waals surface area contributed by atoms with Crippen molar-refractivity contribution < 1.29 is 4.79 Å². The van der Waals surface area contributed by atoms with Crippen LogP contribution >= 0.6 is 45.8 Å². The van der Waals surface area contributed by atoms with E-state index in [1.807, 2.05) is 0 Å². The Labute approximate surface area is 128 Å². The minimum Gasteiger partial charge on any atom is -0.322 e. The van der Waals surface area contributed by atoms with E-state index in [9.17, 15) is 4.79 Å². The minimum atomic E-state index is -0.212. The van der Waals surface area contributed by atoms with Crippen molar-refractivity contribution in [3.8, 4) is 0 Å². The lowest BCUT2D eigenvalue weighted by Crippen LogP contribution is -2.11. The monoisotopic (exact) mass is 391 g/mol. The first-order chi connectivity index (χ1) is 8.56. The van der Waals surface area contributed by atoms with Gasteiger partial charge in [-0.2, -0.15) is 0 Å². The maximum absolute atomic E-state index is 12.0. The molecule has 2 nitrogen and oxygen atoms in total. The molecule has 0 bridgehead atoms. The average Bonchev–Trinajstić information content (AvgIpc) is 2.32. The molecular weight excluding hydrogens is 384 g/mol. The van der Waals surface area contributed by atoms with Crippen LogP contribution in [0, 0.1) is 3.57 Å². The molecule has 5 heteroatoms. The Balaban J connectivity index is 2.19. The summed E-state index contributed by atoms with van der Waals surface area (Å²) in [5.41, 5.74) is 1.17. The van der Waals surface area contributed by atoms with Gasteiger partial charge in [-0.05, 0) is 59.0 Å². The zero-order chi connectivity index (χ0) is 13.1. The molecule has 92 valence electrons. The molecule has 18 heavy (non-hydrogen) atoms. The summed E-state index contributed by atoms with van der Waals surface area (Å²) in [6, 6.07) is 12.2. The van der Waals surface area contributed by atoms with E-state index in [4.69, 9.17) is 23.2 Å². The van der Waals surface area contributed by atoms with Crippen LogP contribution in [0.3, 0.4) is 0 Å². The molecular formula is C13H8Cl2INO. The molecule has 0 spiro atoms. The highest BCUT2D eigenvalue weighted by molar-refractivity contribution is 14.1. The third-order valence-electron chi connectivity index (χ3n) is 2.26. The Kier molecular flexibility index (Phi) is 4.48. The SMILES string of the molecule is O=C(Nc1cccc(Cl)c1)c1ccc(I)c(Cl)c1. The van der Waals surface area contributed by atoms with E-state index in [0.717, 1.165) is 3.57 Å². The van der Waals surface area contributed by atoms with E-state index in [-0.39, 0.29) is 5.91 Å². The highest BCUT2D eigenvalue weighted by atomic mass is 127. The van der Waals surface area contributed by atoms with Crippen molar-refractivity contribution in [2.75, 3.05) is 5.32 Å². The smallest absolute Gasteiger partial charge is 0.255 e. The lowest BCUT2D eigenvalue weighted by Gasteiger charge is -2.06. The number of anilines is 1. The van der Waals surface area contributed by atoms with Crippen LogP contribution in [-0.2, 0) is 0 Å². The van der Waals surface area contributed by atoms with E-state index in [0.29, 0.717) is 21.3 Å². The van der Waals surface area contributed by atoms with Crippen LogP contribution in [0.1, 0.15) is 10.4 Å². The van der Waals surface area contributed by atoms with Crippen LogP contribution in [0.15, 0.2) is 42.5 Å². The van der Waals surface area contributed by atoms with Gasteiger partial charge in [0, 0.05) is 19.8 Å². The number of rotatable bonds is 2. The molecule has 0 saturated carbocycles. The van der Waals surface area contributed by atoms with Crippen molar-refractivity contribution in [1.29, 1.82) is 0 Å². The highest BCUT2D eigenvalue weighted by Gasteiger charge is 2.08.